The molecule has 2 fully saturated rings. The maximum absolute atomic E-state index is 13.0. The lowest BCUT2D eigenvalue weighted by Crippen LogP contribution is -2.31. The normalized spacial score (nSPS) is 23.6. The van der Waals surface area contributed by atoms with Gasteiger partial charge in [0.1, 0.15) is 5.75 Å². The first-order chi connectivity index (χ1) is 14.6. The maximum Gasteiger partial charge on any atom is 0.343 e. The molecule has 1 saturated carbocycles. The van der Waals surface area contributed by atoms with Crippen LogP contribution in [0.3, 0.4) is 0 Å². The van der Waals surface area contributed by atoms with E-state index in [9.17, 15) is 14.4 Å². The Kier molecular flexibility index (Phi) is 5.46. The zero-order valence-corrected chi connectivity index (χ0v) is 18.6. The summed E-state index contributed by atoms with van der Waals surface area (Å²) in [6, 6.07) is 14.0. The predicted molar refractivity (Wildman–Crippen MR) is 119 cm³/mol. The Hall–Kier alpha value is -2.95. The summed E-state index contributed by atoms with van der Waals surface area (Å²) in [6.45, 7) is 8.49. The van der Waals surface area contributed by atoms with Crippen molar-refractivity contribution in [1.82, 2.24) is 0 Å². The first-order valence-corrected chi connectivity index (χ1v) is 11.0. The van der Waals surface area contributed by atoms with Crippen LogP contribution in [-0.4, -0.2) is 17.8 Å². The molecule has 0 spiro atoms. The number of fused-ring (bicyclic) bond motifs is 1. The summed E-state index contributed by atoms with van der Waals surface area (Å²) in [7, 11) is 0. The van der Waals surface area contributed by atoms with Crippen molar-refractivity contribution in [2.45, 2.75) is 52.4 Å². The molecule has 162 valence electrons. The van der Waals surface area contributed by atoms with Crippen LogP contribution in [0.5, 0.6) is 5.75 Å². The van der Waals surface area contributed by atoms with Gasteiger partial charge in [-0.3, -0.25) is 14.5 Å². The molecule has 1 saturated heterocycles. The van der Waals surface area contributed by atoms with Crippen LogP contribution >= 0.6 is 0 Å². The third-order valence-corrected chi connectivity index (χ3v) is 6.46. The smallest absolute Gasteiger partial charge is 0.343 e. The fourth-order valence-electron chi connectivity index (χ4n) is 4.61. The number of nitrogens with zero attached hydrogens (tertiary/aromatic N) is 1. The molecule has 0 unspecified atom stereocenters. The average Bonchev–Trinajstić information content (AvgIpc) is 2.97. The quantitative estimate of drug-likeness (QED) is 0.393. The van der Waals surface area contributed by atoms with Gasteiger partial charge in [0, 0.05) is 0 Å². The van der Waals surface area contributed by atoms with Crippen LogP contribution in [0.25, 0.3) is 0 Å². The van der Waals surface area contributed by atoms with E-state index >= 15 is 0 Å². The van der Waals surface area contributed by atoms with E-state index < -0.39 is 5.97 Å². The van der Waals surface area contributed by atoms with Crippen molar-refractivity contribution in [3.8, 4) is 5.75 Å². The summed E-state index contributed by atoms with van der Waals surface area (Å²) in [5.74, 6) is -0.389. The minimum atomic E-state index is -0.518. The summed E-state index contributed by atoms with van der Waals surface area (Å²) in [6.07, 6.45) is 2.46. The third-order valence-electron chi connectivity index (χ3n) is 6.46. The Morgan fingerprint density at radius 2 is 1.65 bits per heavy atom. The average molecular weight is 420 g/mol. The Morgan fingerprint density at radius 1 is 0.968 bits per heavy atom. The van der Waals surface area contributed by atoms with Gasteiger partial charge in [-0.1, -0.05) is 45.9 Å². The van der Waals surface area contributed by atoms with Gasteiger partial charge in [0.2, 0.25) is 11.8 Å². The lowest BCUT2D eigenvalue weighted by atomic mass is 9.76. The van der Waals surface area contributed by atoms with E-state index in [0.29, 0.717) is 22.9 Å². The zero-order valence-electron chi connectivity index (χ0n) is 18.6. The number of carbonyl (C=O) groups excluding carboxylic acids is 3. The topological polar surface area (TPSA) is 63.7 Å². The van der Waals surface area contributed by atoms with E-state index in [0.717, 1.165) is 24.8 Å². The second-order valence-electron chi connectivity index (χ2n) is 9.86. The van der Waals surface area contributed by atoms with Gasteiger partial charge in [0.05, 0.1) is 23.1 Å². The van der Waals surface area contributed by atoms with E-state index in [1.54, 1.807) is 36.4 Å². The number of imide groups is 1. The van der Waals surface area contributed by atoms with Crippen molar-refractivity contribution in [2.24, 2.45) is 17.8 Å². The zero-order chi connectivity index (χ0) is 22.3. The summed E-state index contributed by atoms with van der Waals surface area (Å²) < 4.78 is 5.52. The molecule has 5 nitrogen and oxygen atoms in total. The fraction of sp³-hybridized carbons (Fsp3) is 0.423. The molecule has 0 N–H and O–H groups in total. The van der Waals surface area contributed by atoms with Gasteiger partial charge in [0.15, 0.2) is 0 Å². The molecule has 3 atom stereocenters. The number of hydrogen-bond acceptors (Lipinski definition) is 4. The second kappa shape index (κ2) is 7.95. The number of amides is 2. The van der Waals surface area contributed by atoms with Gasteiger partial charge in [-0.05, 0) is 66.5 Å². The highest BCUT2D eigenvalue weighted by Crippen LogP contribution is 2.42. The molecule has 2 aromatic carbocycles. The van der Waals surface area contributed by atoms with Gasteiger partial charge < -0.3 is 4.74 Å². The number of benzene rings is 2. The first kappa shape index (κ1) is 21.3. The molecular weight excluding hydrogens is 390 g/mol. The van der Waals surface area contributed by atoms with Gasteiger partial charge in [-0.25, -0.2) is 4.79 Å². The highest BCUT2D eigenvalue weighted by Gasteiger charge is 2.50. The van der Waals surface area contributed by atoms with Gasteiger partial charge in [-0.2, -0.15) is 0 Å². The largest absolute Gasteiger partial charge is 0.423 e. The van der Waals surface area contributed by atoms with Gasteiger partial charge >= 0.3 is 5.97 Å². The van der Waals surface area contributed by atoms with Crippen molar-refractivity contribution in [2.75, 3.05) is 4.90 Å². The summed E-state index contributed by atoms with van der Waals surface area (Å²) >= 11 is 0. The molecule has 4 rings (SSSR count). The molecule has 1 aliphatic carbocycles. The lowest BCUT2D eigenvalue weighted by molar-refractivity contribution is -0.122. The second-order valence-corrected chi connectivity index (χ2v) is 9.86. The number of rotatable bonds is 3. The van der Waals surface area contributed by atoms with Crippen molar-refractivity contribution in [3.05, 3.63) is 59.7 Å². The van der Waals surface area contributed by atoms with Crippen LogP contribution < -0.4 is 9.64 Å². The standard InChI is InChI=1S/C26H29NO4/c1-16-8-13-21-22(14-16)24(29)27(23(21)28)19-7-5-6-17(15-19)25(30)31-20-11-9-18(10-12-20)26(2,3)4/h5-7,9-12,15-16,21-22H,8,13-14H2,1-4H3/t16-,21-,22+/m1/s1. The molecule has 2 aliphatic rings. The third kappa shape index (κ3) is 4.14. The predicted octanol–water partition coefficient (Wildman–Crippen LogP) is 5.13. The minimum Gasteiger partial charge on any atom is -0.423 e. The van der Waals surface area contributed by atoms with Gasteiger partial charge in [0.25, 0.3) is 0 Å². The Morgan fingerprint density at radius 3 is 2.32 bits per heavy atom. The molecule has 5 heteroatoms. The van der Waals surface area contributed by atoms with Crippen LogP contribution in [0.1, 0.15) is 62.9 Å². The highest BCUT2D eigenvalue weighted by atomic mass is 16.5. The Bertz CT molecular complexity index is 1020. The monoisotopic (exact) mass is 419 g/mol. The van der Waals surface area contributed by atoms with Crippen LogP contribution in [0.2, 0.25) is 0 Å². The van der Waals surface area contributed by atoms with Crippen LogP contribution in [0.4, 0.5) is 5.69 Å². The maximum atomic E-state index is 13.0. The van der Waals surface area contributed by atoms with Crippen LogP contribution in [-0.2, 0) is 15.0 Å². The summed E-state index contributed by atoms with van der Waals surface area (Å²) in [4.78, 5) is 39.9. The molecule has 31 heavy (non-hydrogen) atoms. The lowest BCUT2D eigenvalue weighted by Gasteiger charge is -2.25. The number of ether oxygens (including phenoxy) is 1. The Balaban J connectivity index is 1.52. The number of anilines is 1. The SMILES string of the molecule is C[C@@H]1CC[C@H]2C(=O)N(c3cccc(C(=O)Oc4ccc(C(C)(C)C)cc4)c3)C(=O)[C@H]2C1. The van der Waals surface area contributed by atoms with E-state index in [4.69, 9.17) is 4.74 Å². The first-order valence-electron chi connectivity index (χ1n) is 11.0. The number of esters is 1. The van der Waals surface area contributed by atoms with Crippen molar-refractivity contribution >= 4 is 23.5 Å². The molecule has 0 radical (unpaired) electrons. The van der Waals surface area contributed by atoms with Crippen molar-refractivity contribution in [1.29, 1.82) is 0 Å². The van der Waals surface area contributed by atoms with Crippen LogP contribution in [0, 0.1) is 17.8 Å². The number of hydrogen-bond donors (Lipinski definition) is 0. The van der Waals surface area contributed by atoms with E-state index in [2.05, 4.69) is 27.7 Å². The van der Waals surface area contributed by atoms with Crippen molar-refractivity contribution < 1.29 is 19.1 Å². The van der Waals surface area contributed by atoms with E-state index in [1.165, 1.54) is 4.90 Å². The molecule has 2 aromatic rings. The van der Waals surface area contributed by atoms with Crippen molar-refractivity contribution in [3.63, 3.8) is 0 Å². The molecule has 2 amide bonds. The molecule has 1 heterocycles. The minimum absolute atomic E-state index is 0.0145. The summed E-state index contributed by atoms with van der Waals surface area (Å²) in [5.41, 5.74) is 1.91. The van der Waals surface area contributed by atoms with E-state index in [1.807, 2.05) is 12.1 Å². The van der Waals surface area contributed by atoms with E-state index in [-0.39, 0.29) is 29.1 Å². The molecular formula is C26H29NO4. The summed E-state index contributed by atoms with van der Waals surface area (Å²) in [5, 5.41) is 0. The molecule has 1 aliphatic heterocycles. The highest BCUT2D eigenvalue weighted by molar-refractivity contribution is 6.22. The van der Waals surface area contributed by atoms with Gasteiger partial charge in [-0.15, -0.1) is 0 Å². The van der Waals surface area contributed by atoms with Crippen LogP contribution in [0.15, 0.2) is 48.5 Å². The molecule has 0 aromatic heterocycles. The fourth-order valence-corrected chi connectivity index (χ4v) is 4.61. The number of carbonyl (C=O) groups is 3. The molecule has 0 bridgehead atoms. The Labute approximate surface area is 183 Å².